The molecule has 0 aromatic carbocycles. The molecule has 0 aromatic heterocycles. The van der Waals surface area contributed by atoms with Crippen LogP contribution in [-0.4, -0.2) is 23.0 Å². The summed E-state index contributed by atoms with van der Waals surface area (Å²) in [6.07, 6.45) is 0.425. The molecule has 0 aliphatic rings. The van der Waals surface area contributed by atoms with Crippen molar-refractivity contribution in [3.8, 4) is 0 Å². The summed E-state index contributed by atoms with van der Waals surface area (Å²) in [4.78, 5) is 21.9. The van der Waals surface area contributed by atoms with Gasteiger partial charge in [0.1, 0.15) is 6.04 Å². The average molecular weight is 199 g/mol. The second kappa shape index (κ2) is 5.42. The zero-order valence-electron chi connectivity index (χ0n) is 8.83. The molecule has 0 aromatic rings. The monoisotopic (exact) mass is 199 g/mol. The highest BCUT2D eigenvalue weighted by molar-refractivity contribution is 5.94. The van der Waals surface area contributed by atoms with Gasteiger partial charge in [0, 0.05) is 5.57 Å². The third-order valence-corrected chi connectivity index (χ3v) is 1.70. The largest absolute Gasteiger partial charge is 0.480 e. The zero-order valence-corrected chi connectivity index (χ0v) is 8.83. The van der Waals surface area contributed by atoms with E-state index in [2.05, 4.69) is 11.9 Å². The Morgan fingerprint density at radius 3 is 2.21 bits per heavy atom. The Kier molecular flexibility index (Phi) is 4.91. The molecule has 1 unspecified atom stereocenters. The first-order valence-electron chi connectivity index (χ1n) is 4.53. The van der Waals surface area contributed by atoms with E-state index < -0.39 is 17.9 Å². The lowest BCUT2D eigenvalue weighted by molar-refractivity contribution is -0.141. The Labute approximate surface area is 84.0 Å². The van der Waals surface area contributed by atoms with Gasteiger partial charge in [0.05, 0.1) is 0 Å². The van der Waals surface area contributed by atoms with Gasteiger partial charge >= 0.3 is 5.97 Å². The minimum absolute atomic E-state index is 0.224. The summed E-state index contributed by atoms with van der Waals surface area (Å²) in [6, 6.07) is -0.820. The smallest absolute Gasteiger partial charge is 0.326 e. The molecule has 4 nitrogen and oxygen atoms in total. The fourth-order valence-electron chi connectivity index (χ4n) is 0.974. The van der Waals surface area contributed by atoms with Crippen molar-refractivity contribution in [2.75, 3.05) is 0 Å². The van der Waals surface area contributed by atoms with Crippen LogP contribution >= 0.6 is 0 Å². The number of aliphatic carboxylic acids is 1. The van der Waals surface area contributed by atoms with Crippen molar-refractivity contribution in [2.24, 2.45) is 5.92 Å². The predicted octanol–water partition coefficient (Wildman–Crippen LogP) is 1.18. The minimum Gasteiger partial charge on any atom is -0.480 e. The Morgan fingerprint density at radius 1 is 1.43 bits per heavy atom. The minimum atomic E-state index is -1.01. The zero-order chi connectivity index (χ0) is 11.3. The lowest BCUT2D eigenvalue weighted by Gasteiger charge is -2.16. The fraction of sp³-hybridized carbons (Fsp3) is 0.600. The molecule has 0 bridgehead atoms. The summed E-state index contributed by atoms with van der Waals surface area (Å²) in [6.45, 7) is 8.80. The maximum Gasteiger partial charge on any atom is 0.326 e. The number of hydrogen-bond donors (Lipinski definition) is 2. The molecule has 0 heterocycles. The number of nitrogens with one attached hydrogen (secondary N) is 1. The van der Waals surface area contributed by atoms with Crippen LogP contribution in [0.25, 0.3) is 0 Å². The highest BCUT2D eigenvalue weighted by Crippen LogP contribution is 2.05. The van der Waals surface area contributed by atoms with Gasteiger partial charge in [0.25, 0.3) is 0 Å². The Morgan fingerprint density at radius 2 is 1.93 bits per heavy atom. The molecule has 1 atom stereocenters. The van der Waals surface area contributed by atoms with Crippen molar-refractivity contribution >= 4 is 11.9 Å². The number of hydrogen-bond acceptors (Lipinski definition) is 2. The molecule has 2 N–H and O–H groups in total. The Hall–Kier alpha value is -1.32. The van der Waals surface area contributed by atoms with Gasteiger partial charge in [-0.3, -0.25) is 4.79 Å². The molecule has 80 valence electrons. The quantitative estimate of drug-likeness (QED) is 0.653. The first-order valence-corrected chi connectivity index (χ1v) is 4.53. The predicted molar refractivity (Wildman–Crippen MR) is 53.8 cm³/mol. The normalized spacial score (nSPS) is 12.3. The molecule has 0 aliphatic heterocycles. The first kappa shape index (κ1) is 12.7. The highest BCUT2D eigenvalue weighted by atomic mass is 16.4. The van der Waals surface area contributed by atoms with E-state index in [1.807, 2.05) is 13.8 Å². The van der Waals surface area contributed by atoms with Crippen molar-refractivity contribution in [3.63, 3.8) is 0 Å². The van der Waals surface area contributed by atoms with Crippen LogP contribution in [0.4, 0.5) is 0 Å². The van der Waals surface area contributed by atoms with Crippen molar-refractivity contribution < 1.29 is 14.7 Å². The molecular formula is C10H17NO3. The van der Waals surface area contributed by atoms with Crippen LogP contribution in [0.1, 0.15) is 27.2 Å². The van der Waals surface area contributed by atoms with Crippen molar-refractivity contribution in [1.82, 2.24) is 5.32 Å². The molecular weight excluding hydrogens is 182 g/mol. The molecule has 0 aliphatic carbocycles. The van der Waals surface area contributed by atoms with E-state index in [9.17, 15) is 9.59 Å². The molecule has 0 rings (SSSR count). The number of carboxylic acids is 1. The van der Waals surface area contributed by atoms with Gasteiger partial charge in [-0.05, 0) is 19.3 Å². The number of amides is 1. The number of carbonyl (C=O) groups excluding carboxylic acids is 1. The fourth-order valence-corrected chi connectivity index (χ4v) is 0.974. The second-order valence-electron chi connectivity index (χ2n) is 3.77. The van der Waals surface area contributed by atoms with E-state index in [4.69, 9.17) is 5.11 Å². The first-order chi connectivity index (χ1) is 6.34. The lowest BCUT2D eigenvalue weighted by Crippen LogP contribution is -2.41. The van der Waals surface area contributed by atoms with Gasteiger partial charge < -0.3 is 10.4 Å². The Bertz CT molecular complexity index is 246. The highest BCUT2D eigenvalue weighted by Gasteiger charge is 2.20. The van der Waals surface area contributed by atoms with Crippen molar-refractivity contribution in [2.45, 2.75) is 33.2 Å². The summed E-state index contributed by atoms with van der Waals surface area (Å²) in [7, 11) is 0. The van der Waals surface area contributed by atoms with E-state index in [1.165, 1.54) is 0 Å². The van der Waals surface area contributed by atoms with Gasteiger partial charge in [-0.15, -0.1) is 0 Å². The third kappa shape index (κ3) is 4.64. The molecule has 1 amide bonds. The van der Waals surface area contributed by atoms with Crippen LogP contribution in [-0.2, 0) is 9.59 Å². The van der Waals surface area contributed by atoms with Gasteiger partial charge in [-0.25, -0.2) is 4.79 Å². The van der Waals surface area contributed by atoms with Gasteiger partial charge in [0.2, 0.25) is 5.91 Å². The van der Waals surface area contributed by atoms with Crippen LogP contribution in [0.15, 0.2) is 12.2 Å². The average Bonchev–Trinajstić information content (AvgIpc) is 2.01. The molecule has 0 saturated carbocycles. The standard InChI is InChI=1S/C10H17NO3/c1-6(2)5-8(10(13)14)11-9(12)7(3)4/h6,8H,3,5H2,1-2,4H3,(H,11,12)(H,13,14). The van der Waals surface area contributed by atoms with Gasteiger partial charge in [-0.1, -0.05) is 20.4 Å². The van der Waals surface area contributed by atoms with Crippen LogP contribution in [0, 0.1) is 5.92 Å². The van der Waals surface area contributed by atoms with E-state index in [0.29, 0.717) is 12.0 Å². The number of carbonyl (C=O) groups is 2. The SMILES string of the molecule is C=C(C)C(=O)NC(CC(C)C)C(=O)O. The van der Waals surface area contributed by atoms with Crippen LogP contribution < -0.4 is 5.32 Å². The lowest BCUT2D eigenvalue weighted by atomic mass is 10.0. The summed E-state index contributed by atoms with van der Waals surface area (Å²) < 4.78 is 0. The summed E-state index contributed by atoms with van der Waals surface area (Å²) in [5, 5.41) is 11.2. The number of rotatable bonds is 5. The Balaban J connectivity index is 4.31. The van der Waals surface area contributed by atoms with Crippen LogP contribution in [0.5, 0.6) is 0 Å². The van der Waals surface area contributed by atoms with E-state index >= 15 is 0 Å². The van der Waals surface area contributed by atoms with Gasteiger partial charge in [-0.2, -0.15) is 0 Å². The summed E-state index contributed by atoms with van der Waals surface area (Å²) in [5.74, 6) is -1.19. The van der Waals surface area contributed by atoms with E-state index in [1.54, 1.807) is 6.92 Å². The van der Waals surface area contributed by atoms with E-state index in [-0.39, 0.29) is 5.92 Å². The van der Waals surface area contributed by atoms with Gasteiger partial charge in [0.15, 0.2) is 0 Å². The number of carboxylic acid groups (broad SMARTS) is 1. The van der Waals surface area contributed by atoms with Crippen molar-refractivity contribution in [3.05, 3.63) is 12.2 Å². The molecule has 0 spiro atoms. The van der Waals surface area contributed by atoms with E-state index in [0.717, 1.165) is 0 Å². The molecule has 14 heavy (non-hydrogen) atoms. The maximum atomic E-state index is 11.2. The molecule has 0 saturated heterocycles. The third-order valence-electron chi connectivity index (χ3n) is 1.70. The summed E-state index contributed by atoms with van der Waals surface area (Å²) in [5.41, 5.74) is 0.319. The van der Waals surface area contributed by atoms with Crippen molar-refractivity contribution in [1.29, 1.82) is 0 Å². The maximum absolute atomic E-state index is 11.2. The molecule has 0 fully saturated rings. The molecule has 4 heteroatoms. The second-order valence-corrected chi connectivity index (χ2v) is 3.77. The summed E-state index contributed by atoms with van der Waals surface area (Å²) >= 11 is 0. The topological polar surface area (TPSA) is 66.4 Å². The van der Waals surface area contributed by atoms with Crippen LogP contribution in [0.2, 0.25) is 0 Å². The van der Waals surface area contributed by atoms with Crippen LogP contribution in [0.3, 0.4) is 0 Å². The molecule has 0 radical (unpaired) electrons.